The summed E-state index contributed by atoms with van der Waals surface area (Å²) in [6, 6.07) is 6.08. The lowest BCUT2D eigenvalue weighted by Crippen LogP contribution is -2.15. The lowest BCUT2D eigenvalue weighted by Gasteiger charge is -2.13. The van der Waals surface area contributed by atoms with Gasteiger partial charge in [-0.3, -0.25) is 0 Å². The van der Waals surface area contributed by atoms with Gasteiger partial charge in [0.25, 0.3) is 0 Å². The third kappa shape index (κ3) is 3.63. The number of rotatable bonds is 5. The Kier molecular flexibility index (Phi) is 4.26. The van der Waals surface area contributed by atoms with Crippen LogP contribution in [0.3, 0.4) is 0 Å². The van der Waals surface area contributed by atoms with Crippen LogP contribution in [0, 0.1) is 6.92 Å². The molecule has 0 saturated heterocycles. The summed E-state index contributed by atoms with van der Waals surface area (Å²) in [6.07, 6.45) is 5.60. The van der Waals surface area contributed by atoms with E-state index in [1.165, 1.54) is 31.2 Å². The molecule has 0 heterocycles. The zero-order valence-corrected chi connectivity index (χ0v) is 10.5. The van der Waals surface area contributed by atoms with Gasteiger partial charge in [-0.1, -0.05) is 18.9 Å². The highest BCUT2D eigenvalue weighted by Gasteiger charge is 2.14. The van der Waals surface area contributed by atoms with Crippen molar-refractivity contribution < 1.29 is 4.74 Å². The molecule has 94 valence electrons. The summed E-state index contributed by atoms with van der Waals surface area (Å²) >= 11 is 0. The molecule has 1 aromatic rings. The first-order valence-corrected chi connectivity index (χ1v) is 6.47. The molecule has 3 nitrogen and oxygen atoms in total. The summed E-state index contributed by atoms with van der Waals surface area (Å²) < 4.78 is 5.78. The molecule has 1 aliphatic carbocycles. The summed E-state index contributed by atoms with van der Waals surface area (Å²) in [7, 11) is 0. The van der Waals surface area contributed by atoms with Gasteiger partial charge in [-0.15, -0.1) is 0 Å². The maximum Gasteiger partial charge on any atom is 0.0642 e. The van der Waals surface area contributed by atoms with E-state index < -0.39 is 0 Å². The minimum atomic E-state index is 0.493. The maximum atomic E-state index is 5.92. The van der Waals surface area contributed by atoms with Crippen molar-refractivity contribution in [1.82, 2.24) is 0 Å². The van der Waals surface area contributed by atoms with Gasteiger partial charge in [-0.25, -0.2) is 0 Å². The first kappa shape index (κ1) is 12.2. The molecule has 0 aromatic heterocycles. The Balaban J connectivity index is 1.70. The summed E-state index contributed by atoms with van der Waals surface area (Å²) in [4.78, 5) is 0. The fourth-order valence-electron chi connectivity index (χ4n) is 2.31. The molecule has 0 unspecified atom stereocenters. The number of nitrogen functional groups attached to an aromatic ring is 1. The fourth-order valence-corrected chi connectivity index (χ4v) is 2.31. The van der Waals surface area contributed by atoms with E-state index in [1.54, 1.807) is 0 Å². The van der Waals surface area contributed by atoms with Gasteiger partial charge in [0.05, 0.1) is 24.1 Å². The van der Waals surface area contributed by atoms with Crippen molar-refractivity contribution in [2.24, 2.45) is 0 Å². The largest absolute Gasteiger partial charge is 0.397 e. The van der Waals surface area contributed by atoms with Gasteiger partial charge in [0.2, 0.25) is 0 Å². The number of hydrogen-bond acceptors (Lipinski definition) is 3. The van der Waals surface area contributed by atoms with Crippen LogP contribution in [0.15, 0.2) is 18.2 Å². The average Bonchev–Trinajstić information content (AvgIpc) is 2.79. The second-order valence-corrected chi connectivity index (χ2v) is 4.79. The second kappa shape index (κ2) is 5.92. The van der Waals surface area contributed by atoms with Gasteiger partial charge < -0.3 is 15.8 Å². The van der Waals surface area contributed by atoms with E-state index in [1.807, 2.05) is 19.1 Å². The van der Waals surface area contributed by atoms with Crippen LogP contribution in [0.2, 0.25) is 0 Å². The van der Waals surface area contributed by atoms with Crippen molar-refractivity contribution in [3.63, 3.8) is 0 Å². The Morgan fingerprint density at radius 2 is 2.12 bits per heavy atom. The number of aryl methyl sites for hydroxylation is 1. The third-order valence-corrected chi connectivity index (χ3v) is 3.28. The second-order valence-electron chi connectivity index (χ2n) is 4.79. The van der Waals surface area contributed by atoms with Crippen molar-refractivity contribution in [3.05, 3.63) is 23.8 Å². The van der Waals surface area contributed by atoms with Gasteiger partial charge in [0.15, 0.2) is 0 Å². The quantitative estimate of drug-likeness (QED) is 0.608. The molecule has 0 radical (unpaired) electrons. The molecule has 0 atom stereocenters. The maximum absolute atomic E-state index is 5.92. The monoisotopic (exact) mass is 234 g/mol. The van der Waals surface area contributed by atoms with E-state index in [-0.39, 0.29) is 0 Å². The highest BCUT2D eigenvalue weighted by Crippen LogP contribution is 2.21. The first-order valence-electron chi connectivity index (χ1n) is 6.47. The Morgan fingerprint density at radius 3 is 2.82 bits per heavy atom. The van der Waals surface area contributed by atoms with Crippen LogP contribution in [0.1, 0.15) is 31.2 Å². The van der Waals surface area contributed by atoms with Crippen LogP contribution in [0.5, 0.6) is 0 Å². The molecule has 1 fully saturated rings. The molecule has 17 heavy (non-hydrogen) atoms. The Labute approximate surface area is 103 Å². The summed E-state index contributed by atoms with van der Waals surface area (Å²) in [5.74, 6) is 0. The van der Waals surface area contributed by atoms with Crippen molar-refractivity contribution >= 4 is 11.4 Å². The van der Waals surface area contributed by atoms with E-state index in [0.29, 0.717) is 6.10 Å². The SMILES string of the molecule is Cc1ccc(NCCOC2CCCC2)c(N)c1. The number of hydrogen-bond donors (Lipinski definition) is 2. The smallest absolute Gasteiger partial charge is 0.0642 e. The van der Waals surface area contributed by atoms with E-state index >= 15 is 0 Å². The van der Waals surface area contributed by atoms with Crippen LogP contribution >= 0.6 is 0 Å². The first-order chi connectivity index (χ1) is 8.25. The topological polar surface area (TPSA) is 47.3 Å². The fraction of sp³-hybridized carbons (Fsp3) is 0.571. The summed E-state index contributed by atoms with van der Waals surface area (Å²) in [5, 5.41) is 3.31. The molecule has 2 rings (SSSR count). The minimum absolute atomic E-state index is 0.493. The zero-order chi connectivity index (χ0) is 12.1. The molecule has 0 amide bonds. The zero-order valence-electron chi connectivity index (χ0n) is 10.5. The number of nitrogens with one attached hydrogen (secondary N) is 1. The minimum Gasteiger partial charge on any atom is -0.397 e. The lowest BCUT2D eigenvalue weighted by molar-refractivity contribution is 0.0659. The third-order valence-electron chi connectivity index (χ3n) is 3.28. The van der Waals surface area contributed by atoms with Crippen LogP contribution in [0.4, 0.5) is 11.4 Å². The van der Waals surface area contributed by atoms with Crippen molar-refractivity contribution in [2.75, 3.05) is 24.2 Å². The van der Waals surface area contributed by atoms with Crippen molar-refractivity contribution in [2.45, 2.75) is 38.7 Å². The predicted octanol–water partition coefficient (Wildman–Crippen LogP) is 2.95. The highest BCUT2D eigenvalue weighted by atomic mass is 16.5. The van der Waals surface area contributed by atoms with Gasteiger partial charge in [0, 0.05) is 6.54 Å². The van der Waals surface area contributed by atoms with E-state index in [2.05, 4.69) is 11.4 Å². The Morgan fingerprint density at radius 1 is 1.35 bits per heavy atom. The normalized spacial score (nSPS) is 16.3. The van der Waals surface area contributed by atoms with Gasteiger partial charge in [-0.2, -0.15) is 0 Å². The number of ether oxygens (including phenoxy) is 1. The highest BCUT2D eigenvalue weighted by molar-refractivity contribution is 5.66. The molecule has 0 bridgehead atoms. The molecular formula is C14H22N2O. The Hall–Kier alpha value is -1.22. The lowest BCUT2D eigenvalue weighted by atomic mass is 10.2. The number of benzene rings is 1. The number of nitrogens with two attached hydrogens (primary N) is 1. The van der Waals surface area contributed by atoms with Gasteiger partial charge in [-0.05, 0) is 37.5 Å². The van der Waals surface area contributed by atoms with Crippen LogP contribution < -0.4 is 11.1 Å². The molecule has 0 spiro atoms. The molecule has 1 aliphatic rings. The van der Waals surface area contributed by atoms with E-state index in [9.17, 15) is 0 Å². The molecule has 3 heteroatoms. The molecule has 1 aromatic carbocycles. The van der Waals surface area contributed by atoms with Gasteiger partial charge >= 0.3 is 0 Å². The Bertz CT molecular complexity index is 359. The molecule has 3 N–H and O–H groups in total. The van der Waals surface area contributed by atoms with Crippen molar-refractivity contribution in [3.8, 4) is 0 Å². The predicted molar refractivity (Wildman–Crippen MR) is 72.3 cm³/mol. The summed E-state index contributed by atoms with van der Waals surface area (Å²) in [5.41, 5.74) is 8.93. The molecule has 1 saturated carbocycles. The van der Waals surface area contributed by atoms with Crippen molar-refractivity contribution in [1.29, 1.82) is 0 Å². The van der Waals surface area contributed by atoms with E-state index in [4.69, 9.17) is 10.5 Å². The van der Waals surface area contributed by atoms with Gasteiger partial charge in [0.1, 0.15) is 0 Å². The summed E-state index contributed by atoms with van der Waals surface area (Å²) in [6.45, 7) is 3.63. The van der Waals surface area contributed by atoms with Crippen LogP contribution in [0.25, 0.3) is 0 Å². The van der Waals surface area contributed by atoms with Crippen LogP contribution in [-0.2, 0) is 4.74 Å². The van der Waals surface area contributed by atoms with E-state index in [0.717, 1.165) is 24.5 Å². The average molecular weight is 234 g/mol. The number of anilines is 2. The standard InChI is InChI=1S/C14H22N2O/c1-11-6-7-14(13(15)10-11)16-8-9-17-12-4-2-3-5-12/h6-7,10,12,16H,2-5,8-9,15H2,1H3. The molecular weight excluding hydrogens is 212 g/mol. The molecule has 0 aliphatic heterocycles. The van der Waals surface area contributed by atoms with Crippen LogP contribution in [-0.4, -0.2) is 19.3 Å².